The number of nitrogen functional groups attached to an aromatic ring is 1. The first-order valence-electron chi connectivity index (χ1n) is 4.65. The van der Waals surface area contributed by atoms with Gasteiger partial charge in [-0.1, -0.05) is 20.8 Å². The van der Waals surface area contributed by atoms with Crippen LogP contribution in [0.3, 0.4) is 0 Å². The molecule has 0 aromatic carbocycles. The number of nitrogens with two attached hydrogens (primary N) is 1. The number of nitrogens with zero attached hydrogens (tertiary/aromatic N) is 2. The zero-order valence-electron chi connectivity index (χ0n) is 8.74. The van der Waals surface area contributed by atoms with Gasteiger partial charge in [-0.05, 0) is 11.7 Å². The molecule has 78 valence electrons. The lowest BCUT2D eigenvalue weighted by molar-refractivity contribution is 0.804. The fourth-order valence-corrected chi connectivity index (χ4v) is 2.15. The Morgan fingerprint density at radius 3 is 2.71 bits per heavy atom. The summed E-state index contributed by atoms with van der Waals surface area (Å²) in [6.45, 7) is 6.32. The Bertz CT molecular complexity index is 301. The summed E-state index contributed by atoms with van der Waals surface area (Å²) in [4.78, 5) is 8.36. The summed E-state index contributed by atoms with van der Waals surface area (Å²) in [6.07, 6.45) is 1.54. The summed E-state index contributed by atoms with van der Waals surface area (Å²) >= 11 is 1.71. The number of thioether (sulfide) groups is 1. The minimum atomic E-state index is 0.372. The molecule has 0 atom stereocenters. The molecule has 1 aromatic rings. The van der Waals surface area contributed by atoms with Gasteiger partial charge in [0.1, 0.15) is 17.2 Å². The first-order chi connectivity index (χ1) is 6.70. The molecule has 1 heterocycles. The molecule has 5 heteroatoms. The standard InChI is InChI=1S/C9H16N4S/c1-4-14-9-7(6(2)3)8(13-10)11-5-12-9/h5-6H,4,10H2,1-3H3,(H,11,12,13). The lowest BCUT2D eigenvalue weighted by atomic mass is 10.1. The van der Waals surface area contributed by atoms with Gasteiger partial charge in [-0.2, -0.15) is 0 Å². The van der Waals surface area contributed by atoms with E-state index in [9.17, 15) is 0 Å². The molecular weight excluding hydrogens is 196 g/mol. The van der Waals surface area contributed by atoms with Gasteiger partial charge in [0.25, 0.3) is 0 Å². The van der Waals surface area contributed by atoms with Crippen molar-refractivity contribution in [1.29, 1.82) is 0 Å². The molecule has 0 aliphatic heterocycles. The van der Waals surface area contributed by atoms with Crippen LogP contribution in [0.25, 0.3) is 0 Å². The van der Waals surface area contributed by atoms with Crippen molar-refractivity contribution in [2.24, 2.45) is 5.84 Å². The highest BCUT2D eigenvalue weighted by Crippen LogP contribution is 2.30. The van der Waals surface area contributed by atoms with Gasteiger partial charge in [0.2, 0.25) is 0 Å². The van der Waals surface area contributed by atoms with Crippen molar-refractivity contribution in [1.82, 2.24) is 9.97 Å². The van der Waals surface area contributed by atoms with Gasteiger partial charge in [-0.3, -0.25) is 0 Å². The third kappa shape index (κ3) is 2.36. The summed E-state index contributed by atoms with van der Waals surface area (Å²) in [5, 5.41) is 1.02. The zero-order valence-corrected chi connectivity index (χ0v) is 9.56. The molecule has 0 aliphatic carbocycles. The van der Waals surface area contributed by atoms with Crippen molar-refractivity contribution in [2.75, 3.05) is 11.2 Å². The van der Waals surface area contributed by atoms with Crippen LogP contribution in [-0.2, 0) is 0 Å². The Morgan fingerprint density at radius 1 is 1.50 bits per heavy atom. The van der Waals surface area contributed by atoms with Crippen molar-refractivity contribution in [3.8, 4) is 0 Å². The number of aromatic nitrogens is 2. The summed E-state index contributed by atoms with van der Waals surface area (Å²) in [7, 11) is 0. The number of hydrogen-bond donors (Lipinski definition) is 2. The van der Waals surface area contributed by atoms with Crippen LogP contribution in [0.5, 0.6) is 0 Å². The van der Waals surface area contributed by atoms with Crippen LogP contribution in [0.4, 0.5) is 5.82 Å². The van der Waals surface area contributed by atoms with Gasteiger partial charge >= 0.3 is 0 Å². The Morgan fingerprint density at radius 2 is 2.21 bits per heavy atom. The monoisotopic (exact) mass is 212 g/mol. The van der Waals surface area contributed by atoms with Gasteiger partial charge in [0, 0.05) is 5.56 Å². The quantitative estimate of drug-likeness (QED) is 0.346. The molecule has 0 saturated heterocycles. The summed E-state index contributed by atoms with van der Waals surface area (Å²) < 4.78 is 0. The van der Waals surface area contributed by atoms with Crippen molar-refractivity contribution >= 4 is 17.6 Å². The summed E-state index contributed by atoms with van der Waals surface area (Å²) in [5.41, 5.74) is 3.71. The van der Waals surface area contributed by atoms with Crippen LogP contribution < -0.4 is 11.3 Å². The van der Waals surface area contributed by atoms with E-state index < -0.39 is 0 Å². The van der Waals surface area contributed by atoms with E-state index in [4.69, 9.17) is 5.84 Å². The van der Waals surface area contributed by atoms with E-state index in [0.717, 1.165) is 22.2 Å². The molecule has 0 bridgehead atoms. The molecule has 14 heavy (non-hydrogen) atoms. The van der Waals surface area contributed by atoms with Gasteiger partial charge in [0.15, 0.2) is 0 Å². The van der Waals surface area contributed by atoms with Crippen molar-refractivity contribution in [2.45, 2.75) is 31.7 Å². The summed E-state index contributed by atoms with van der Waals surface area (Å²) in [5.74, 6) is 7.50. The first-order valence-corrected chi connectivity index (χ1v) is 5.63. The van der Waals surface area contributed by atoms with E-state index in [0.29, 0.717) is 5.92 Å². The fraction of sp³-hybridized carbons (Fsp3) is 0.556. The maximum atomic E-state index is 5.40. The highest BCUT2D eigenvalue weighted by atomic mass is 32.2. The molecule has 1 rings (SSSR count). The summed E-state index contributed by atoms with van der Waals surface area (Å²) in [6, 6.07) is 0. The second-order valence-corrected chi connectivity index (χ2v) is 4.43. The van der Waals surface area contributed by atoms with Crippen molar-refractivity contribution < 1.29 is 0 Å². The molecule has 0 spiro atoms. The van der Waals surface area contributed by atoms with E-state index in [1.165, 1.54) is 0 Å². The van der Waals surface area contributed by atoms with E-state index in [2.05, 4.69) is 36.2 Å². The average molecular weight is 212 g/mol. The maximum absolute atomic E-state index is 5.40. The third-order valence-electron chi connectivity index (χ3n) is 1.84. The van der Waals surface area contributed by atoms with Crippen LogP contribution in [0, 0.1) is 0 Å². The molecule has 0 radical (unpaired) electrons. The second kappa shape index (κ2) is 5.17. The Labute approximate surface area is 88.7 Å². The Kier molecular flexibility index (Phi) is 4.16. The van der Waals surface area contributed by atoms with Crippen molar-refractivity contribution in [3.05, 3.63) is 11.9 Å². The number of hydrogen-bond acceptors (Lipinski definition) is 5. The van der Waals surface area contributed by atoms with Crippen LogP contribution in [-0.4, -0.2) is 15.7 Å². The van der Waals surface area contributed by atoms with Gasteiger partial charge < -0.3 is 5.43 Å². The predicted octanol–water partition coefficient (Wildman–Crippen LogP) is 2.00. The molecule has 4 nitrogen and oxygen atoms in total. The van der Waals surface area contributed by atoms with Crippen LogP contribution in [0.2, 0.25) is 0 Å². The topological polar surface area (TPSA) is 63.8 Å². The lowest BCUT2D eigenvalue weighted by Crippen LogP contribution is -2.13. The molecule has 0 amide bonds. The highest BCUT2D eigenvalue weighted by Gasteiger charge is 2.13. The maximum Gasteiger partial charge on any atom is 0.147 e. The van der Waals surface area contributed by atoms with Crippen LogP contribution >= 0.6 is 11.8 Å². The normalized spacial score (nSPS) is 10.6. The van der Waals surface area contributed by atoms with E-state index >= 15 is 0 Å². The Hall–Kier alpha value is -0.810. The van der Waals surface area contributed by atoms with E-state index in [1.807, 2.05) is 0 Å². The third-order valence-corrected chi connectivity index (χ3v) is 2.73. The smallest absolute Gasteiger partial charge is 0.147 e. The number of anilines is 1. The van der Waals surface area contributed by atoms with Crippen LogP contribution in [0.15, 0.2) is 11.4 Å². The minimum Gasteiger partial charge on any atom is -0.308 e. The van der Waals surface area contributed by atoms with Gasteiger partial charge in [-0.25, -0.2) is 15.8 Å². The molecule has 0 aliphatic rings. The first kappa shape index (κ1) is 11.3. The molecule has 3 N–H and O–H groups in total. The molecular formula is C9H16N4S. The second-order valence-electron chi connectivity index (χ2n) is 3.17. The molecule has 0 fully saturated rings. The van der Waals surface area contributed by atoms with Gasteiger partial charge in [-0.15, -0.1) is 11.8 Å². The SMILES string of the molecule is CCSc1ncnc(NN)c1C(C)C. The zero-order chi connectivity index (χ0) is 10.6. The largest absolute Gasteiger partial charge is 0.308 e. The van der Waals surface area contributed by atoms with E-state index in [1.54, 1.807) is 18.1 Å². The number of hydrazine groups is 1. The highest BCUT2D eigenvalue weighted by molar-refractivity contribution is 7.99. The van der Waals surface area contributed by atoms with Crippen molar-refractivity contribution in [3.63, 3.8) is 0 Å². The average Bonchev–Trinajstić information content (AvgIpc) is 2.17. The predicted molar refractivity (Wildman–Crippen MR) is 60.3 cm³/mol. The van der Waals surface area contributed by atoms with Gasteiger partial charge in [0.05, 0.1) is 0 Å². The van der Waals surface area contributed by atoms with Crippen LogP contribution in [0.1, 0.15) is 32.3 Å². The Balaban J connectivity index is 3.14. The fourth-order valence-electron chi connectivity index (χ4n) is 1.27. The molecule has 0 unspecified atom stereocenters. The number of rotatable bonds is 4. The molecule has 0 saturated carbocycles. The molecule has 1 aromatic heterocycles. The van der Waals surface area contributed by atoms with E-state index in [-0.39, 0.29) is 0 Å². The number of nitrogens with one attached hydrogen (secondary N) is 1. The minimum absolute atomic E-state index is 0.372. The lowest BCUT2D eigenvalue weighted by Gasteiger charge is -2.14.